The number of hydrogen-bond acceptors (Lipinski definition) is 4. The van der Waals surface area contributed by atoms with Crippen molar-refractivity contribution >= 4 is 5.91 Å². The van der Waals surface area contributed by atoms with Gasteiger partial charge in [0.1, 0.15) is 5.69 Å². The number of hydrogen-bond donors (Lipinski definition) is 0. The molecule has 180 valence electrons. The second-order valence-electron chi connectivity index (χ2n) is 8.72. The van der Waals surface area contributed by atoms with Gasteiger partial charge in [0.05, 0.1) is 23.5 Å². The van der Waals surface area contributed by atoms with Crippen LogP contribution in [0.3, 0.4) is 0 Å². The molecule has 0 bridgehead atoms. The van der Waals surface area contributed by atoms with Gasteiger partial charge in [0, 0.05) is 24.5 Å². The van der Waals surface area contributed by atoms with E-state index >= 15 is 0 Å². The Bertz CT molecular complexity index is 1150. The van der Waals surface area contributed by atoms with Crippen LogP contribution in [0.25, 0.3) is 5.69 Å². The van der Waals surface area contributed by atoms with Gasteiger partial charge in [-0.2, -0.15) is 23.4 Å². The molecular formula is C24H25F4N5O. The Balaban J connectivity index is 1.59. The van der Waals surface area contributed by atoms with Gasteiger partial charge in [-0.05, 0) is 68.4 Å². The highest BCUT2D eigenvalue weighted by molar-refractivity contribution is 5.98. The summed E-state index contributed by atoms with van der Waals surface area (Å²) in [4.78, 5) is 20.5. The summed E-state index contributed by atoms with van der Waals surface area (Å²) < 4.78 is 53.4. The zero-order valence-electron chi connectivity index (χ0n) is 18.9. The van der Waals surface area contributed by atoms with E-state index in [9.17, 15) is 22.4 Å². The number of pyridine rings is 1. The first-order valence-corrected chi connectivity index (χ1v) is 11.1. The number of halogens is 4. The SMILES string of the molecule is Cc1cc(F)c(-n2nccn2)c(C(=O)N2CCC[C@@H](C)[C@H]2CCc2ccc(C(F)(F)F)cn2)c1. The molecule has 3 aromatic rings. The van der Waals surface area contributed by atoms with Crippen molar-refractivity contribution < 1.29 is 22.4 Å². The maximum atomic E-state index is 14.9. The first-order valence-electron chi connectivity index (χ1n) is 11.1. The van der Waals surface area contributed by atoms with Crippen LogP contribution >= 0.6 is 0 Å². The lowest BCUT2D eigenvalue weighted by molar-refractivity contribution is -0.137. The van der Waals surface area contributed by atoms with E-state index in [-0.39, 0.29) is 29.1 Å². The largest absolute Gasteiger partial charge is 0.417 e. The molecular weight excluding hydrogens is 450 g/mol. The normalized spacial score (nSPS) is 18.8. The minimum atomic E-state index is -4.43. The molecule has 1 aromatic carbocycles. The van der Waals surface area contributed by atoms with Crippen molar-refractivity contribution in [3.63, 3.8) is 0 Å². The van der Waals surface area contributed by atoms with Crippen LogP contribution in [0.2, 0.25) is 0 Å². The Kier molecular flexibility index (Phi) is 6.67. The first kappa shape index (κ1) is 23.8. The van der Waals surface area contributed by atoms with Gasteiger partial charge in [0.25, 0.3) is 5.91 Å². The molecule has 0 spiro atoms. The summed E-state index contributed by atoms with van der Waals surface area (Å²) in [6, 6.07) is 5.21. The van der Waals surface area contributed by atoms with Gasteiger partial charge >= 0.3 is 6.18 Å². The van der Waals surface area contributed by atoms with Crippen LogP contribution in [0.5, 0.6) is 0 Å². The number of carbonyl (C=O) groups excluding carboxylic acids is 1. The molecule has 3 heterocycles. The Hall–Kier alpha value is -3.30. The van der Waals surface area contributed by atoms with Gasteiger partial charge in [-0.1, -0.05) is 6.92 Å². The number of amides is 1. The molecule has 10 heteroatoms. The standard InChI is InChI=1S/C24H25F4N5O/c1-15-12-19(22(20(25)13-15)33-30-9-10-31-33)23(34)32-11-3-4-16(2)21(32)8-7-18-6-5-17(14-29-18)24(26,27)28/h5-6,9-10,12-14,16,21H,3-4,7-8,11H2,1-2H3/t16-,21-/m1/s1. The van der Waals surface area contributed by atoms with Crippen molar-refractivity contribution in [3.8, 4) is 5.69 Å². The van der Waals surface area contributed by atoms with Crippen LogP contribution in [-0.2, 0) is 12.6 Å². The van der Waals surface area contributed by atoms with Gasteiger partial charge < -0.3 is 4.90 Å². The van der Waals surface area contributed by atoms with Crippen molar-refractivity contribution in [3.05, 3.63) is 71.1 Å². The number of nitrogens with zero attached hydrogens (tertiary/aromatic N) is 5. The van der Waals surface area contributed by atoms with Crippen molar-refractivity contribution in [1.29, 1.82) is 0 Å². The lowest BCUT2D eigenvalue weighted by Crippen LogP contribution is -2.48. The number of benzene rings is 1. The maximum absolute atomic E-state index is 14.9. The molecule has 2 aromatic heterocycles. The van der Waals surface area contributed by atoms with E-state index in [1.807, 2.05) is 0 Å². The molecule has 4 rings (SSSR count). The highest BCUT2D eigenvalue weighted by Crippen LogP contribution is 2.31. The van der Waals surface area contributed by atoms with Gasteiger partial charge in [0.2, 0.25) is 0 Å². The number of rotatable bonds is 5. The quantitative estimate of drug-likeness (QED) is 0.487. The molecule has 1 amide bonds. The third-order valence-corrected chi connectivity index (χ3v) is 6.28. The average molecular weight is 475 g/mol. The molecule has 6 nitrogen and oxygen atoms in total. The fourth-order valence-electron chi connectivity index (χ4n) is 4.56. The third kappa shape index (κ3) is 4.95. The summed E-state index contributed by atoms with van der Waals surface area (Å²) in [6.07, 6.45) is 1.92. The van der Waals surface area contributed by atoms with Gasteiger partial charge in [-0.25, -0.2) is 4.39 Å². The first-order chi connectivity index (χ1) is 16.1. The zero-order valence-corrected chi connectivity index (χ0v) is 18.9. The number of aromatic nitrogens is 4. The third-order valence-electron chi connectivity index (χ3n) is 6.28. The molecule has 1 aliphatic rings. The van der Waals surface area contributed by atoms with Gasteiger partial charge in [-0.15, -0.1) is 4.80 Å². The van der Waals surface area contributed by atoms with Crippen molar-refractivity contribution in [2.45, 2.75) is 51.7 Å². The number of alkyl halides is 3. The Morgan fingerprint density at radius 1 is 1.18 bits per heavy atom. The van der Waals surface area contributed by atoms with E-state index in [1.165, 1.54) is 24.5 Å². The molecule has 0 N–H and O–H groups in total. The van der Waals surface area contributed by atoms with E-state index in [4.69, 9.17) is 0 Å². The number of aryl methyl sites for hydroxylation is 2. The lowest BCUT2D eigenvalue weighted by Gasteiger charge is -2.40. The summed E-state index contributed by atoms with van der Waals surface area (Å²) in [5.74, 6) is -0.727. The highest BCUT2D eigenvalue weighted by Gasteiger charge is 2.34. The highest BCUT2D eigenvalue weighted by atomic mass is 19.4. The number of carbonyl (C=O) groups is 1. The van der Waals surface area contributed by atoms with Crippen LogP contribution in [0.1, 0.15) is 53.4 Å². The molecule has 1 aliphatic heterocycles. The van der Waals surface area contributed by atoms with Crippen molar-refractivity contribution in [2.24, 2.45) is 5.92 Å². The zero-order chi connectivity index (χ0) is 24.5. The Morgan fingerprint density at radius 2 is 1.91 bits per heavy atom. The molecule has 0 aliphatic carbocycles. The molecule has 0 saturated carbocycles. The minimum absolute atomic E-state index is 0.00184. The fourth-order valence-corrected chi connectivity index (χ4v) is 4.56. The topological polar surface area (TPSA) is 63.9 Å². The predicted octanol–water partition coefficient (Wildman–Crippen LogP) is 5.00. The number of likely N-dealkylation sites (tertiary alicyclic amines) is 1. The van der Waals surface area contributed by atoms with Crippen LogP contribution < -0.4 is 0 Å². The maximum Gasteiger partial charge on any atom is 0.417 e. The predicted molar refractivity (Wildman–Crippen MR) is 117 cm³/mol. The summed E-state index contributed by atoms with van der Waals surface area (Å²) in [7, 11) is 0. The molecule has 34 heavy (non-hydrogen) atoms. The molecule has 1 fully saturated rings. The summed E-state index contributed by atoms with van der Waals surface area (Å²) in [6.45, 7) is 4.28. The van der Waals surface area contributed by atoms with E-state index in [2.05, 4.69) is 22.1 Å². The van der Waals surface area contributed by atoms with Gasteiger partial charge in [0.15, 0.2) is 5.82 Å². The van der Waals surface area contributed by atoms with Crippen LogP contribution in [0, 0.1) is 18.7 Å². The molecule has 0 unspecified atom stereocenters. The second-order valence-corrected chi connectivity index (χ2v) is 8.72. The molecule has 2 atom stereocenters. The minimum Gasteiger partial charge on any atom is -0.335 e. The van der Waals surface area contributed by atoms with Crippen LogP contribution in [0.4, 0.5) is 17.6 Å². The van der Waals surface area contributed by atoms with E-state index in [0.29, 0.717) is 30.6 Å². The Labute approximate surface area is 194 Å². The number of piperidine rings is 1. The average Bonchev–Trinajstić information content (AvgIpc) is 3.31. The summed E-state index contributed by atoms with van der Waals surface area (Å²) >= 11 is 0. The van der Waals surface area contributed by atoms with E-state index in [0.717, 1.165) is 29.9 Å². The molecule has 0 radical (unpaired) electrons. The lowest BCUT2D eigenvalue weighted by atomic mass is 9.86. The smallest absolute Gasteiger partial charge is 0.335 e. The van der Waals surface area contributed by atoms with E-state index in [1.54, 1.807) is 17.9 Å². The van der Waals surface area contributed by atoms with E-state index < -0.39 is 17.6 Å². The van der Waals surface area contributed by atoms with Crippen molar-refractivity contribution in [2.75, 3.05) is 6.54 Å². The molecule has 1 saturated heterocycles. The Morgan fingerprint density at radius 3 is 2.56 bits per heavy atom. The second kappa shape index (κ2) is 9.52. The fraction of sp³-hybridized carbons (Fsp3) is 0.417. The van der Waals surface area contributed by atoms with Crippen LogP contribution in [-0.4, -0.2) is 43.4 Å². The monoisotopic (exact) mass is 475 g/mol. The van der Waals surface area contributed by atoms with Gasteiger partial charge in [-0.3, -0.25) is 9.78 Å². The van der Waals surface area contributed by atoms with Crippen molar-refractivity contribution in [1.82, 2.24) is 24.9 Å². The van der Waals surface area contributed by atoms with Crippen LogP contribution in [0.15, 0.2) is 42.9 Å². The summed E-state index contributed by atoms with van der Waals surface area (Å²) in [5.41, 5.74) is 0.524. The summed E-state index contributed by atoms with van der Waals surface area (Å²) in [5, 5.41) is 8.01.